The summed E-state index contributed by atoms with van der Waals surface area (Å²) in [5.74, 6) is 4.57. The summed E-state index contributed by atoms with van der Waals surface area (Å²) in [6, 6.07) is 3.78. The SMILES string of the molecule is COc1cc(C#C[Si](C)(C)C)c(CCO)cc1OC. The van der Waals surface area contributed by atoms with Gasteiger partial charge in [-0.3, -0.25) is 0 Å². The van der Waals surface area contributed by atoms with Gasteiger partial charge in [0.1, 0.15) is 8.07 Å². The van der Waals surface area contributed by atoms with Crippen molar-refractivity contribution in [3.63, 3.8) is 0 Å². The zero-order valence-electron chi connectivity index (χ0n) is 12.3. The summed E-state index contributed by atoms with van der Waals surface area (Å²) in [5.41, 5.74) is 5.24. The number of aliphatic hydroxyl groups excluding tert-OH is 1. The largest absolute Gasteiger partial charge is 0.493 e. The van der Waals surface area contributed by atoms with Crippen LogP contribution in [-0.2, 0) is 6.42 Å². The molecule has 19 heavy (non-hydrogen) atoms. The molecule has 0 unspecified atom stereocenters. The Labute approximate surface area is 116 Å². The van der Waals surface area contributed by atoms with Crippen LogP contribution in [-0.4, -0.2) is 34.0 Å². The summed E-state index contributed by atoms with van der Waals surface area (Å²) >= 11 is 0. The van der Waals surface area contributed by atoms with E-state index in [4.69, 9.17) is 14.6 Å². The molecule has 1 aromatic carbocycles. The predicted octanol–water partition coefficient (Wildman–Crippen LogP) is 2.47. The average Bonchev–Trinajstić information content (AvgIpc) is 2.36. The van der Waals surface area contributed by atoms with Crippen molar-refractivity contribution < 1.29 is 14.6 Å². The van der Waals surface area contributed by atoms with Gasteiger partial charge in [0.25, 0.3) is 0 Å². The molecule has 1 aromatic rings. The van der Waals surface area contributed by atoms with Crippen molar-refractivity contribution in [2.45, 2.75) is 26.1 Å². The molecule has 4 heteroatoms. The lowest BCUT2D eigenvalue weighted by Gasteiger charge is -2.12. The predicted molar refractivity (Wildman–Crippen MR) is 80.6 cm³/mol. The van der Waals surface area contributed by atoms with Gasteiger partial charge in [-0.15, -0.1) is 5.54 Å². The van der Waals surface area contributed by atoms with E-state index in [-0.39, 0.29) is 6.61 Å². The third-order valence-corrected chi connectivity index (χ3v) is 3.44. The first kappa shape index (κ1) is 15.6. The molecule has 0 aromatic heterocycles. The molecular formula is C15H22O3Si. The molecule has 0 saturated heterocycles. The highest BCUT2D eigenvalue weighted by Crippen LogP contribution is 2.30. The van der Waals surface area contributed by atoms with Crippen molar-refractivity contribution in [1.82, 2.24) is 0 Å². The van der Waals surface area contributed by atoms with E-state index in [9.17, 15) is 0 Å². The first-order chi connectivity index (χ1) is 8.91. The summed E-state index contributed by atoms with van der Waals surface area (Å²) in [6.45, 7) is 6.70. The molecule has 0 bridgehead atoms. The van der Waals surface area contributed by atoms with Gasteiger partial charge in [0, 0.05) is 12.2 Å². The Hall–Kier alpha value is -1.44. The summed E-state index contributed by atoms with van der Waals surface area (Å²) in [7, 11) is 1.78. The molecule has 0 fully saturated rings. The van der Waals surface area contributed by atoms with Crippen LogP contribution >= 0.6 is 0 Å². The van der Waals surface area contributed by atoms with E-state index >= 15 is 0 Å². The van der Waals surface area contributed by atoms with Crippen LogP contribution in [0.1, 0.15) is 11.1 Å². The van der Waals surface area contributed by atoms with Gasteiger partial charge in [0.05, 0.1) is 14.2 Å². The number of methoxy groups -OCH3 is 2. The molecule has 1 rings (SSSR count). The first-order valence-corrected chi connectivity index (χ1v) is 9.80. The lowest BCUT2D eigenvalue weighted by atomic mass is 10.0. The fraction of sp³-hybridized carbons (Fsp3) is 0.467. The van der Waals surface area contributed by atoms with Crippen molar-refractivity contribution >= 4 is 8.07 Å². The maximum Gasteiger partial charge on any atom is 0.161 e. The summed E-state index contributed by atoms with van der Waals surface area (Å²) < 4.78 is 10.6. The first-order valence-electron chi connectivity index (χ1n) is 6.30. The Bertz CT molecular complexity index is 493. The van der Waals surface area contributed by atoms with E-state index in [0.717, 1.165) is 11.1 Å². The Balaban J connectivity index is 3.29. The molecule has 0 atom stereocenters. The van der Waals surface area contributed by atoms with Gasteiger partial charge < -0.3 is 14.6 Å². The number of hydrogen-bond donors (Lipinski definition) is 1. The lowest BCUT2D eigenvalue weighted by Crippen LogP contribution is -2.16. The molecule has 1 N–H and O–H groups in total. The zero-order chi connectivity index (χ0) is 14.5. The summed E-state index contributed by atoms with van der Waals surface area (Å²) in [6.07, 6.45) is 0.566. The maximum atomic E-state index is 9.15. The molecule has 0 heterocycles. The number of hydrogen-bond acceptors (Lipinski definition) is 3. The smallest absolute Gasteiger partial charge is 0.161 e. The van der Waals surface area contributed by atoms with Crippen LogP contribution in [0, 0.1) is 11.5 Å². The van der Waals surface area contributed by atoms with Crippen molar-refractivity contribution in [2.75, 3.05) is 20.8 Å². The minimum atomic E-state index is -1.43. The third kappa shape index (κ3) is 4.62. The third-order valence-electron chi connectivity index (χ3n) is 2.56. The van der Waals surface area contributed by atoms with Crippen LogP contribution in [0.25, 0.3) is 0 Å². The van der Waals surface area contributed by atoms with E-state index in [1.54, 1.807) is 14.2 Å². The molecule has 0 spiro atoms. The van der Waals surface area contributed by atoms with E-state index in [1.807, 2.05) is 12.1 Å². The Kier molecular flexibility index (Phi) is 5.46. The van der Waals surface area contributed by atoms with Gasteiger partial charge in [-0.25, -0.2) is 0 Å². The molecular weight excluding hydrogens is 256 g/mol. The summed E-state index contributed by atoms with van der Waals surface area (Å²) in [4.78, 5) is 0. The normalized spacial score (nSPS) is 10.6. The highest BCUT2D eigenvalue weighted by atomic mass is 28.3. The fourth-order valence-electron chi connectivity index (χ4n) is 1.62. The summed E-state index contributed by atoms with van der Waals surface area (Å²) in [5, 5.41) is 9.15. The lowest BCUT2D eigenvalue weighted by molar-refractivity contribution is 0.299. The highest BCUT2D eigenvalue weighted by Gasteiger charge is 2.11. The molecule has 0 aliphatic heterocycles. The number of benzene rings is 1. The van der Waals surface area contributed by atoms with Crippen LogP contribution < -0.4 is 9.47 Å². The Morgan fingerprint density at radius 1 is 1.11 bits per heavy atom. The van der Waals surface area contributed by atoms with Crippen molar-refractivity contribution in [3.05, 3.63) is 23.3 Å². The minimum absolute atomic E-state index is 0.0944. The second-order valence-corrected chi connectivity index (χ2v) is 10.1. The number of aliphatic hydroxyl groups is 1. The topological polar surface area (TPSA) is 38.7 Å². The molecule has 0 aliphatic carbocycles. The van der Waals surface area contributed by atoms with Crippen molar-refractivity contribution in [2.24, 2.45) is 0 Å². The van der Waals surface area contributed by atoms with Gasteiger partial charge in [-0.05, 0) is 24.1 Å². The highest BCUT2D eigenvalue weighted by molar-refractivity contribution is 6.83. The van der Waals surface area contributed by atoms with Crippen LogP contribution in [0.2, 0.25) is 19.6 Å². The molecule has 104 valence electrons. The second kappa shape index (κ2) is 6.64. The van der Waals surface area contributed by atoms with Crippen LogP contribution in [0.15, 0.2) is 12.1 Å². The van der Waals surface area contributed by atoms with Gasteiger partial charge in [0.15, 0.2) is 11.5 Å². The van der Waals surface area contributed by atoms with Gasteiger partial charge in [0.2, 0.25) is 0 Å². The van der Waals surface area contributed by atoms with Crippen molar-refractivity contribution in [1.29, 1.82) is 0 Å². The second-order valence-electron chi connectivity index (χ2n) is 5.34. The fourth-order valence-corrected chi connectivity index (χ4v) is 2.13. The molecule has 0 saturated carbocycles. The Morgan fingerprint density at radius 3 is 2.16 bits per heavy atom. The number of ether oxygens (including phenoxy) is 2. The molecule has 0 aliphatic rings. The van der Waals surface area contributed by atoms with Crippen LogP contribution in [0.3, 0.4) is 0 Å². The zero-order valence-corrected chi connectivity index (χ0v) is 13.3. The monoisotopic (exact) mass is 278 g/mol. The molecule has 0 amide bonds. The van der Waals surface area contributed by atoms with E-state index < -0.39 is 8.07 Å². The Morgan fingerprint density at radius 2 is 1.68 bits per heavy atom. The van der Waals surface area contributed by atoms with E-state index in [1.165, 1.54) is 0 Å². The quantitative estimate of drug-likeness (QED) is 0.679. The molecule has 3 nitrogen and oxygen atoms in total. The average molecular weight is 278 g/mol. The van der Waals surface area contributed by atoms with E-state index in [2.05, 4.69) is 31.1 Å². The van der Waals surface area contributed by atoms with E-state index in [0.29, 0.717) is 17.9 Å². The number of rotatable bonds is 4. The van der Waals surface area contributed by atoms with Gasteiger partial charge in [-0.1, -0.05) is 25.6 Å². The maximum absolute atomic E-state index is 9.15. The van der Waals surface area contributed by atoms with Gasteiger partial charge in [-0.2, -0.15) is 0 Å². The minimum Gasteiger partial charge on any atom is -0.493 e. The van der Waals surface area contributed by atoms with Crippen LogP contribution in [0.4, 0.5) is 0 Å². The van der Waals surface area contributed by atoms with Crippen molar-refractivity contribution in [3.8, 4) is 23.0 Å². The van der Waals surface area contributed by atoms with Crippen LogP contribution in [0.5, 0.6) is 11.5 Å². The molecule has 0 radical (unpaired) electrons. The standard InChI is InChI=1S/C15H22O3Si/c1-17-14-10-12(6-8-16)13(11-15(14)18-2)7-9-19(3,4)5/h10-11,16H,6,8H2,1-5H3. The van der Waals surface area contributed by atoms with Gasteiger partial charge >= 0.3 is 0 Å².